The first-order chi connectivity index (χ1) is 11.0. The summed E-state index contributed by atoms with van der Waals surface area (Å²) in [6, 6.07) is 14.6. The Bertz CT molecular complexity index is 606. The highest BCUT2D eigenvalue weighted by Crippen LogP contribution is 2.16. The predicted molar refractivity (Wildman–Crippen MR) is 99.7 cm³/mol. The van der Waals surface area contributed by atoms with E-state index in [1.165, 1.54) is 16.8 Å². The lowest BCUT2D eigenvalue weighted by Gasteiger charge is -2.12. The monoisotopic (exact) mass is 312 g/mol. The van der Waals surface area contributed by atoms with Crippen molar-refractivity contribution in [2.75, 3.05) is 30.3 Å². The van der Waals surface area contributed by atoms with Crippen molar-refractivity contribution in [3.8, 4) is 5.75 Å². The van der Waals surface area contributed by atoms with E-state index in [-0.39, 0.29) is 0 Å². The molecule has 0 fully saturated rings. The minimum absolute atomic E-state index is 0.546. The molecule has 0 spiro atoms. The highest BCUT2D eigenvalue weighted by Gasteiger charge is 1.98. The third kappa shape index (κ3) is 5.85. The van der Waals surface area contributed by atoms with Crippen LogP contribution in [0.15, 0.2) is 42.5 Å². The van der Waals surface area contributed by atoms with Crippen LogP contribution in [0.1, 0.15) is 25.0 Å². The Kier molecular flexibility index (Phi) is 6.33. The maximum Gasteiger partial charge on any atom is 0.119 e. The summed E-state index contributed by atoms with van der Waals surface area (Å²) < 4.78 is 5.69. The van der Waals surface area contributed by atoms with Crippen molar-refractivity contribution in [2.45, 2.75) is 27.7 Å². The molecule has 0 amide bonds. The van der Waals surface area contributed by atoms with Gasteiger partial charge in [0.1, 0.15) is 5.75 Å². The van der Waals surface area contributed by atoms with Gasteiger partial charge in [-0.3, -0.25) is 0 Å². The zero-order chi connectivity index (χ0) is 16.7. The third-order valence-corrected chi connectivity index (χ3v) is 3.73. The molecule has 0 unspecified atom stereocenters. The first kappa shape index (κ1) is 17.2. The van der Waals surface area contributed by atoms with Crippen molar-refractivity contribution in [3.63, 3.8) is 0 Å². The number of hydrogen-bond donors (Lipinski definition) is 2. The molecule has 0 aliphatic carbocycles. The van der Waals surface area contributed by atoms with Gasteiger partial charge in [-0.05, 0) is 67.3 Å². The van der Waals surface area contributed by atoms with Crippen LogP contribution in [-0.4, -0.2) is 19.7 Å². The Morgan fingerprint density at radius 1 is 0.826 bits per heavy atom. The van der Waals surface area contributed by atoms with E-state index >= 15 is 0 Å². The molecule has 0 saturated heterocycles. The average molecular weight is 312 g/mol. The smallest absolute Gasteiger partial charge is 0.119 e. The number of benzene rings is 2. The second-order valence-electron chi connectivity index (χ2n) is 6.38. The van der Waals surface area contributed by atoms with Crippen LogP contribution in [0.4, 0.5) is 11.4 Å². The molecule has 124 valence electrons. The number of ether oxygens (including phenoxy) is 1. The molecule has 2 rings (SSSR count). The van der Waals surface area contributed by atoms with Crippen molar-refractivity contribution in [3.05, 3.63) is 53.6 Å². The fourth-order valence-electron chi connectivity index (χ4n) is 2.20. The summed E-state index contributed by atoms with van der Waals surface area (Å²) in [6.45, 7) is 11.1. The van der Waals surface area contributed by atoms with Crippen LogP contribution in [0, 0.1) is 19.8 Å². The van der Waals surface area contributed by atoms with Crippen LogP contribution in [0.2, 0.25) is 0 Å². The van der Waals surface area contributed by atoms with Crippen LogP contribution in [0.3, 0.4) is 0 Å². The molecule has 0 saturated carbocycles. The SMILES string of the molecule is Cc1ccc(NCCNc2ccc(OCC(C)C)cc2)cc1C. The van der Waals surface area contributed by atoms with Gasteiger partial charge in [-0.2, -0.15) is 0 Å². The van der Waals surface area contributed by atoms with E-state index in [0.29, 0.717) is 5.92 Å². The van der Waals surface area contributed by atoms with Gasteiger partial charge in [0.15, 0.2) is 0 Å². The molecule has 0 bridgehead atoms. The van der Waals surface area contributed by atoms with Gasteiger partial charge in [-0.25, -0.2) is 0 Å². The van der Waals surface area contributed by atoms with Crippen molar-refractivity contribution < 1.29 is 4.74 Å². The van der Waals surface area contributed by atoms with Crippen molar-refractivity contribution >= 4 is 11.4 Å². The van der Waals surface area contributed by atoms with Gasteiger partial charge in [0.25, 0.3) is 0 Å². The summed E-state index contributed by atoms with van der Waals surface area (Å²) in [7, 11) is 0. The zero-order valence-electron chi connectivity index (χ0n) is 14.6. The number of aryl methyl sites for hydroxylation is 2. The summed E-state index contributed by atoms with van der Waals surface area (Å²) in [6.07, 6.45) is 0. The lowest BCUT2D eigenvalue weighted by atomic mass is 10.1. The summed E-state index contributed by atoms with van der Waals surface area (Å²) >= 11 is 0. The maximum atomic E-state index is 5.69. The standard InChI is InChI=1S/C20H28N2O/c1-15(2)14-23-20-9-7-18(8-10-20)21-11-12-22-19-6-5-16(3)17(4)13-19/h5-10,13,15,21-22H,11-12,14H2,1-4H3. The number of rotatable bonds is 8. The second-order valence-corrected chi connectivity index (χ2v) is 6.38. The Morgan fingerprint density at radius 3 is 2.04 bits per heavy atom. The summed E-state index contributed by atoms with van der Waals surface area (Å²) in [5.74, 6) is 1.47. The van der Waals surface area contributed by atoms with Crippen LogP contribution >= 0.6 is 0 Å². The fraction of sp³-hybridized carbons (Fsp3) is 0.400. The van der Waals surface area contributed by atoms with Crippen LogP contribution < -0.4 is 15.4 Å². The van der Waals surface area contributed by atoms with Crippen LogP contribution in [0.25, 0.3) is 0 Å². The summed E-state index contributed by atoms with van der Waals surface area (Å²) in [5, 5.41) is 6.85. The van der Waals surface area contributed by atoms with E-state index in [1.807, 2.05) is 12.1 Å². The Morgan fingerprint density at radius 2 is 1.43 bits per heavy atom. The summed E-state index contributed by atoms with van der Waals surface area (Å²) in [5.41, 5.74) is 4.93. The molecular formula is C20H28N2O. The highest BCUT2D eigenvalue weighted by molar-refractivity contribution is 5.49. The van der Waals surface area contributed by atoms with E-state index in [2.05, 4.69) is 68.7 Å². The molecule has 3 heteroatoms. The number of anilines is 2. The molecule has 3 nitrogen and oxygen atoms in total. The molecule has 2 N–H and O–H groups in total. The third-order valence-electron chi connectivity index (χ3n) is 3.73. The lowest BCUT2D eigenvalue weighted by molar-refractivity contribution is 0.271. The van der Waals surface area contributed by atoms with Gasteiger partial charge in [0, 0.05) is 24.5 Å². The van der Waals surface area contributed by atoms with E-state index < -0.39 is 0 Å². The quantitative estimate of drug-likeness (QED) is 0.683. The molecule has 0 aromatic heterocycles. The number of hydrogen-bond acceptors (Lipinski definition) is 3. The van der Waals surface area contributed by atoms with Gasteiger partial charge in [-0.15, -0.1) is 0 Å². The van der Waals surface area contributed by atoms with Crippen LogP contribution in [0.5, 0.6) is 5.75 Å². The Balaban J connectivity index is 1.72. The molecule has 2 aromatic carbocycles. The van der Waals surface area contributed by atoms with Crippen molar-refractivity contribution in [1.82, 2.24) is 0 Å². The van der Waals surface area contributed by atoms with Gasteiger partial charge in [0.05, 0.1) is 6.61 Å². The normalized spacial score (nSPS) is 10.7. The molecule has 2 aromatic rings. The molecular weight excluding hydrogens is 284 g/mol. The van der Waals surface area contributed by atoms with Gasteiger partial charge in [0.2, 0.25) is 0 Å². The first-order valence-electron chi connectivity index (χ1n) is 8.32. The van der Waals surface area contributed by atoms with E-state index in [0.717, 1.165) is 31.1 Å². The summed E-state index contributed by atoms with van der Waals surface area (Å²) in [4.78, 5) is 0. The van der Waals surface area contributed by atoms with Gasteiger partial charge < -0.3 is 15.4 Å². The molecule has 23 heavy (non-hydrogen) atoms. The predicted octanol–water partition coefficient (Wildman–Crippen LogP) is 4.86. The van der Waals surface area contributed by atoms with Crippen molar-refractivity contribution in [2.24, 2.45) is 5.92 Å². The Labute approximate surface area is 140 Å². The number of nitrogens with one attached hydrogen (secondary N) is 2. The molecule has 0 aliphatic rings. The highest BCUT2D eigenvalue weighted by atomic mass is 16.5. The largest absolute Gasteiger partial charge is 0.493 e. The van der Waals surface area contributed by atoms with Gasteiger partial charge >= 0.3 is 0 Å². The molecule has 0 heterocycles. The van der Waals surface area contributed by atoms with E-state index in [4.69, 9.17) is 4.74 Å². The molecule has 0 aliphatic heterocycles. The Hall–Kier alpha value is -2.16. The minimum atomic E-state index is 0.546. The average Bonchev–Trinajstić information content (AvgIpc) is 2.54. The van der Waals surface area contributed by atoms with Crippen LogP contribution in [-0.2, 0) is 0 Å². The maximum absolute atomic E-state index is 5.69. The minimum Gasteiger partial charge on any atom is -0.493 e. The molecule has 0 radical (unpaired) electrons. The van der Waals surface area contributed by atoms with Crippen molar-refractivity contribution in [1.29, 1.82) is 0 Å². The topological polar surface area (TPSA) is 33.3 Å². The first-order valence-corrected chi connectivity index (χ1v) is 8.32. The van der Waals surface area contributed by atoms with E-state index in [9.17, 15) is 0 Å². The van der Waals surface area contributed by atoms with Gasteiger partial charge in [-0.1, -0.05) is 19.9 Å². The van der Waals surface area contributed by atoms with E-state index in [1.54, 1.807) is 0 Å². The second kappa shape index (κ2) is 8.47. The lowest BCUT2D eigenvalue weighted by Crippen LogP contribution is -2.13. The molecule has 0 atom stereocenters. The zero-order valence-corrected chi connectivity index (χ0v) is 14.6. The fourth-order valence-corrected chi connectivity index (χ4v) is 2.20.